The molecule has 0 unspecified atom stereocenters. The van der Waals surface area contributed by atoms with Crippen molar-refractivity contribution >= 4 is 36.5 Å². The first-order valence-electron chi connectivity index (χ1n) is 17.8. The van der Waals surface area contributed by atoms with Gasteiger partial charge >= 0.3 is 30.1 Å². The summed E-state index contributed by atoms with van der Waals surface area (Å²) in [6, 6.07) is 21.1. The number of ether oxygens (including phenoxy) is 3. The molecule has 1 aliphatic heterocycles. The van der Waals surface area contributed by atoms with Crippen LogP contribution in [-0.4, -0.2) is 108 Å². The van der Waals surface area contributed by atoms with Crippen molar-refractivity contribution in [2.45, 2.75) is 58.3 Å². The topological polar surface area (TPSA) is 273 Å². The van der Waals surface area contributed by atoms with E-state index in [9.17, 15) is 24.0 Å². The van der Waals surface area contributed by atoms with Gasteiger partial charge in [-0.05, 0) is 29.3 Å². The van der Waals surface area contributed by atoms with E-state index in [1.54, 1.807) is 43.1 Å². The number of H-pyrrole nitrogens is 1. The highest BCUT2D eigenvalue weighted by Crippen LogP contribution is 2.05. The molecule has 0 radical (unpaired) electrons. The summed E-state index contributed by atoms with van der Waals surface area (Å²) in [6.45, 7) is 4.67. The van der Waals surface area contributed by atoms with E-state index in [4.69, 9.17) is 19.7 Å². The molecule has 316 valence electrons. The Kier molecular flexibility index (Phi) is 23.2. The molecule has 1 fully saturated rings. The van der Waals surface area contributed by atoms with Gasteiger partial charge in [0.1, 0.15) is 25.9 Å². The van der Waals surface area contributed by atoms with E-state index in [1.807, 2.05) is 80.6 Å². The van der Waals surface area contributed by atoms with Crippen LogP contribution in [0.2, 0.25) is 0 Å². The van der Waals surface area contributed by atoms with Gasteiger partial charge < -0.3 is 39.9 Å². The second kappa shape index (κ2) is 28.8. The zero-order chi connectivity index (χ0) is 43.1. The molecule has 4 heterocycles. The Morgan fingerprint density at radius 1 is 0.847 bits per heavy atom. The minimum absolute atomic E-state index is 0.0305. The second-order valence-corrected chi connectivity index (χ2v) is 11.1. The number of hydrogen-bond donors (Lipinski definition) is 5. The zero-order valence-electron chi connectivity index (χ0n) is 32.5. The van der Waals surface area contributed by atoms with Gasteiger partial charge in [-0.15, -0.1) is 0 Å². The third-order valence-corrected chi connectivity index (χ3v) is 6.90. The number of benzene rings is 2. The predicted octanol–water partition coefficient (Wildman–Crippen LogP) is 3.48. The number of carbonyl (C=O) groups excluding carboxylic acids is 3. The molecule has 1 aliphatic rings. The molecule has 2 aromatic carbocycles. The van der Waals surface area contributed by atoms with E-state index in [0.717, 1.165) is 17.5 Å². The number of esters is 1. The van der Waals surface area contributed by atoms with Gasteiger partial charge in [-0.25, -0.2) is 29.0 Å². The van der Waals surface area contributed by atoms with Gasteiger partial charge in [0.05, 0.1) is 20.2 Å². The molecule has 2 amide bonds. The maximum Gasteiger partial charge on any atom is 0.408 e. The van der Waals surface area contributed by atoms with Crippen LogP contribution in [0.5, 0.6) is 0 Å². The van der Waals surface area contributed by atoms with Crippen LogP contribution in [-0.2, 0) is 64.7 Å². The van der Waals surface area contributed by atoms with E-state index >= 15 is 0 Å². The van der Waals surface area contributed by atoms with E-state index in [-0.39, 0.29) is 32.9 Å². The number of nitrogens with one attached hydrogen (secondary N) is 3. The van der Waals surface area contributed by atoms with Crippen LogP contribution >= 0.6 is 0 Å². The Bertz CT molecular complexity index is 1880. The predicted molar refractivity (Wildman–Crippen MR) is 208 cm³/mol. The SMILES string of the molecule is CC.COOC=N[C@@H](Cn1cccn1)C(=O)O.O=C(N[C@@H](Cn1cccn1)C(=O)O)OCc1ccccc1.O=C(N[C@H]1COC1=O)OCc1ccccc1.c1cn[nH]c1. The molecule has 59 heavy (non-hydrogen) atoms. The standard InChI is InChI=1S/C14H15N3O4.C11H11NO4.C8H11N3O4.C3H4N2.C2H6/c18-13(19)12(9-17-8-4-7-15-17)16-14(20)21-10-11-5-2-1-3-6-11;13-10-9(7-15-10)12-11(14)16-6-8-4-2-1-3-5-8;1-14-15-6-9-7(8(12)13)5-11-4-2-3-10-11;1-2-4-5-3-1;1-2/h1-8,12H,9-10H2,(H,16,20)(H,18,19);1-5,9H,6-7H2,(H,12,14);2-4,6-7H,5H2,1H3,(H,12,13);1-3H,(H,4,5);1-2H3/t12-;9-;7-;;/m000../s1. The summed E-state index contributed by atoms with van der Waals surface area (Å²) in [4.78, 5) is 67.7. The monoisotopic (exact) mass is 821 g/mol. The lowest BCUT2D eigenvalue weighted by Gasteiger charge is -2.24. The minimum Gasteiger partial charge on any atom is -0.480 e. The minimum atomic E-state index is -1.15. The first-order chi connectivity index (χ1) is 28.6. The number of nitrogens with zero attached hydrogens (tertiary/aromatic N) is 6. The molecule has 0 bridgehead atoms. The van der Waals surface area contributed by atoms with Crippen molar-refractivity contribution < 1.29 is 58.2 Å². The number of carboxylic acid groups (broad SMARTS) is 2. The number of aliphatic imine (C=N–C) groups is 1. The first kappa shape index (κ1) is 47.6. The molecule has 6 rings (SSSR count). The van der Waals surface area contributed by atoms with Crippen LogP contribution in [0.3, 0.4) is 0 Å². The first-order valence-corrected chi connectivity index (χ1v) is 17.8. The maximum atomic E-state index is 11.6. The summed E-state index contributed by atoms with van der Waals surface area (Å²) < 4.78 is 17.3. The van der Waals surface area contributed by atoms with Gasteiger partial charge in [-0.2, -0.15) is 20.2 Å². The fourth-order valence-corrected chi connectivity index (χ4v) is 4.06. The lowest BCUT2D eigenvalue weighted by Crippen LogP contribution is -2.52. The van der Waals surface area contributed by atoms with E-state index in [2.05, 4.69) is 50.5 Å². The molecule has 0 spiro atoms. The van der Waals surface area contributed by atoms with Crippen LogP contribution in [0.4, 0.5) is 9.59 Å². The maximum absolute atomic E-state index is 11.6. The molecular weight excluding hydrogens is 774 g/mol. The molecule has 5 aromatic rings. The highest BCUT2D eigenvalue weighted by Gasteiger charge is 2.32. The molecule has 0 aliphatic carbocycles. The number of carboxylic acids is 2. The summed E-state index contributed by atoms with van der Waals surface area (Å²) in [7, 11) is 1.30. The molecule has 3 atom stereocenters. The van der Waals surface area contributed by atoms with E-state index in [1.165, 1.54) is 22.7 Å². The quantitative estimate of drug-likeness (QED) is 0.0253. The molecule has 21 nitrogen and oxygen atoms in total. The average molecular weight is 822 g/mol. The van der Waals surface area contributed by atoms with Crippen molar-refractivity contribution in [2.75, 3.05) is 13.7 Å². The number of aromatic nitrogens is 6. The fraction of sp³-hybridized carbons (Fsp3) is 0.289. The van der Waals surface area contributed by atoms with Gasteiger partial charge in [-0.3, -0.25) is 14.5 Å². The summed E-state index contributed by atoms with van der Waals surface area (Å²) in [5, 5.41) is 36.6. The highest BCUT2D eigenvalue weighted by atomic mass is 17.2. The number of aromatic amines is 1. The van der Waals surface area contributed by atoms with Crippen molar-refractivity contribution in [3.63, 3.8) is 0 Å². The van der Waals surface area contributed by atoms with Crippen LogP contribution in [0.1, 0.15) is 25.0 Å². The molecule has 1 saturated heterocycles. The second-order valence-electron chi connectivity index (χ2n) is 11.1. The zero-order valence-corrected chi connectivity index (χ0v) is 32.5. The number of alkyl carbamates (subject to hydrolysis) is 2. The third kappa shape index (κ3) is 20.8. The molecule has 5 N–H and O–H groups in total. The van der Waals surface area contributed by atoms with Gasteiger partial charge in [0, 0.05) is 37.2 Å². The average Bonchev–Trinajstić information content (AvgIpc) is 4.10. The number of cyclic esters (lactones) is 1. The third-order valence-electron chi connectivity index (χ3n) is 6.90. The number of aliphatic carboxylic acids is 2. The van der Waals surface area contributed by atoms with E-state index in [0.29, 0.717) is 0 Å². The van der Waals surface area contributed by atoms with Crippen molar-refractivity contribution in [3.8, 4) is 0 Å². The van der Waals surface area contributed by atoms with Crippen LogP contribution in [0.15, 0.2) is 121 Å². The Hall–Kier alpha value is -7.55. The van der Waals surface area contributed by atoms with Crippen molar-refractivity contribution in [2.24, 2.45) is 4.99 Å². The van der Waals surface area contributed by atoms with Gasteiger partial charge in [0.25, 0.3) is 0 Å². The smallest absolute Gasteiger partial charge is 0.408 e. The lowest BCUT2D eigenvalue weighted by atomic mass is 10.2. The Balaban J connectivity index is 0.000000285. The Morgan fingerprint density at radius 3 is 1.83 bits per heavy atom. The van der Waals surface area contributed by atoms with Gasteiger partial charge in [0.15, 0.2) is 12.1 Å². The number of amides is 2. The summed E-state index contributed by atoms with van der Waals surface area (Å²) in [5.41, 5.74) is 1.72. The van der Waals surface area contributed by atoms with Gasteiger partial charge in [-0.1, -0.05) is 74.5 Å². The van der Waals surface area contributed by atoms with E-state index < -0.39 is 48.2 Å². The lowest BCUT2D eigenvalue weighted by molar-refractivity contribution is -0.188. The number of rotatable bonds is 15. The summed E-state index contributed by atoms with van der Waals surface area (Å²) in [5.74, 6) is -2.62. The Labute approximate surface area is 338 Å². The van der Waals surface area contributed by atoms with Crippen molar-refractivity contribution in [3.05, 3.63) is 127 Å². The van der Waals surface area contributed by atoms with Gasteiger partial charge in [0.2, 0.25) is 6.40 Å². The number of carbonyl (C=O) groups is 5. The van der Waals surface area contributed by atoms with Crippen LogP contribution < -0.4 is 10.6 Å². The van der Waals surface area contributed by atoms with Crippen molar-refractivity contribution in [1.29, 1.82) is 0 Å². The number of hydrogen-bond acceptors (Lipinski definition) is 14. The molecule has 21 heteroatoms. The summed E-state index contributed by atoms with van der Waals surface area (Å²) >= 11 is 0. The highest BCUT2D eigenvalue weighted by molar-refractivity contribution is 5.85. The van der Waals surface area contributed by atoms with Crippen LogP contribution in [0.25, 0.3) is 0 Å². The van der Waals surface area contributed by atoms with Crippen molar-refractivity contribution in [1.82, 2.24) is 40.4 Å². The molecular formula is C38H47N9O12. The largest absolute Gasteiger partial charge is 0.480 e. The normalized spacial score (nSPS) is 13.1. The fourth-order valence-electron chi connectivity index (χ4n) is 4.06. The molecule has 0 saturated carbocycles. The summed E-state index contributed by atoms with van der Waals surface area (Å²) in [6.07, 6.45) is 9.39. The Morgan fingerprint density at radius 2 is 1.42 bits per heavy atom. The van der Waals surface area contributed by atoms with Crippen LogP contribution in [0, 0.1) is 0 Å². The molecule has 3 aromatic heterocycles.